The molecule has 1 aliphatic heterocycles. The van der Waals surface area contributed by atoms with E-state index < -0.39 is 44.5 Å². The third-order valence-corrected chi connectivity index (χ3v) is 10.00. The van der Waals surface area contributed by atoms with Gasteiger partial charge in [-0.1, -0.05) is 136 Å². The van der Waals surface area contributed by atoms with Gasteiger partial charge in [0.15, 0.2) is 6.10 Å². The first kappa shape index (κ1) is 40.5. The number of rotatable bonds is 22. The van der Waals surface area contributed by atoms with E-state index in [2.05, 4.69) is 0 Å². The Balaban J connectivity index is 1.52. The van der Waals surface area contributed by atoms with Crippen molar-refractivity contribution in [3.63, 3.8) is 0 Å². The lowest BCUT2D eigenvalue weighted by Gasteiger charge is -2.45. The highest BCUT2D eigenvalue weighted by Gasteiger charge is 2.53. The molecule has 0 saturated carbocycles. The van der Waals surface area contributed by atoms with Gasteiger partial charge < -0.3 is 23.7 Å². The van der Waals surface area contributed by atoms with Crippen LogP contribution in [0.1, 0.15) is 66.6 Å². The molecule has 0 aromatic heterocycles. The van der Waals surface area contributed by atoms with Crippen LogP contribution in [0, 0.1) is 0 Å². The number of carbonyl (C=O) groups excluding carboxylic acids is 1. The van der Waals surface area contributed by atoms with E-state index in [0.29, 0.717) is 25.0 Å². The summed E-state index contributed by atoms with van der Waals surface area (Å²) in [4.78, 5) is 13.8. The summed E-state index contributed by atoms with van der Waals surface area (Å²) in [5.74, 6) is -0.643. The Kier molecular flexibility index (Phi) is 16.7. The minimum absolute atomic E-state index is 0.0520. The van der Waals surface area contributed by atoms with Gasteiger partial charge >= 0.3 is 13.8 Å². The molecule has 1 fully saturated rings. The SMILES string of the molecule is CCCCOP(=O)(OCCCC)O[C@H]1O[C@H](COCc2ccccc2)[C@@H](OCc2ccccc2)[C@H](OCc2ccccc2)[C@@H]1OC(=O)c1ccccc1. The number of ether oxygens (including phenoxy) is 5. The van der Waals surface area contributed by atoms with Gasteiger partial charge in [-0.2, -0.15) is 0 Å². The van der Waals surface area contributed by atoms with Crippen LogP contribution in [-0.2, 0) is 61.6 Å². The van der Waals surface area contributed by atoms with Gasteiger partial charge in [0.25, 0.3) is 0 Å². The monoisotopic (exact) mass is 746 g/mol. The molecular weight excluding hydrogens is 695 g/mol. The van der Waals surface area contributed by atoms with Crippen LogP contribution in [-0.4, -0.2) is 56.5 Å². The molecule has 0 amide bonds. The molecule has 1 heterocycles. The molecule has 1 saturated heterocycles. The first-order valence-corrected chi connectivity index (χ1v) is 19.9. The molecule has 4 aromatic rings. The fourth-order valence-corrected chi connectivity index (χ4v) is 6.97. The molecule has 0 bridgehead atoms. The van der Waals surface area contributed by atoms with E-state index in [4.69, 9.17) is 37.3 Å². The van der Waals surface area contributed by atoms with Gasteiger partial charge in [-0.25, -0.2) is 9.36 Å². The lowest BCUT2D eigenvalue weighted by atomic mass is 9.98. The Morgan fingerprint density at radius 2 is 1.09 bits per heavy atom. The number of phosphoric acid groups is 1. The van der Waals surface area contributed by atoms with E-state index in [9.17, 15) is 9.36 Å². The largest absolute Gasteiger partial charge is 0.477 e. The predicted molar refractivity (Wildman–Crippen MR) is 201 cm³/mol. The van der Waals surface area contributed by atoms with Gasteiger partial charge in [0.05, 0.1) is 45.2 Å². The summed E-state index contributed by atoms with van der Waals surface area (Å²) in [5, 5.41) is 0. The van der Waals surface area contributed by atoms with Crippen molar-refractivity contribution in [3.8, 4) is 0 Å². The van der Waals surface area contributed by atoms with Crippen LogP contribution in [0.2, 0.25) is 0 Å². The summed E-state index contributed by atoms with van der Waals surface area (Å²) >= 11 is 0. The van der Waals surface area contributed by atoms with Gasteiger partial charge in [0.1, 0.15) is 18.3 Å². The number of unbranched alkanes of at least 4 members (excludes halogenated alkanes) is 2. The van der Waals surface area contributed by atoms with Crippen LogP contribution in [0.3, 0.4) is 0 Å². The van der Waals surface area contributed by atoms with Crippen molar-refractivity contribution in [2.45, 2.75) is 90.1 Å². The van der Waals surface area contributed by atoms with E-state index in [1.165, 1.54) is 0 Å². The highest BCUT2D eigenvalue weighted by Crippen LogP contribution is 2.53. The minimum atomic E-state index is -4.24. The molecule has 0 N–H and O–H groups in total. The summed E-state index contributed by atoms with van der Waals surface area (Å²) < 4.78 is 64.5. The lowest BCUT2D eigenvalue weighted by molar-refractivity contribution is -0.302. The number of hydrogen-bond donors (Lipinski definition) is 0. The second kappa shape index (κ2) is 21.9. The van der Waals surface area contributed by atoms with E-state index in [0.717, 1.165) is 29.5 Å². The molecule has 1 aliphatic rings. The standard InChI is InChI=1S/C42H51O10P/c1-3-5-27-48-53(44,49-28-6-4-2)52-42-40(51-41(43)36-25-17-10-18-26-36)39(47-31-35-23-15-9-16-24-35)38(46-30-34-21-13-8-14-22-34)37(50-42)32-45-29-33-19-11-7-12-20-33/h7-26,37-40,42H,3-6,27-32H2,1-2H3/t37-,38-,39+,40+,42-/m1/s1. The summed E-state index contributed by atoms with van der Waals surface area (Å²) in [5.41, 5.74) is 3.10. The Hall–Kier alpha value is -3.70. The van der Waals surface area contributed by atoms with Crippen LogP contribution < -0.4 is 0 Å². The van der Waals surface area contributed by atoms with Crippen molar-refractivity contribution in [2.24, 2.45) is 0 Å². The van der Waals surface area contributed by atoms with Crippen LogP contribution in [0.4, 0.5) is 0 Å². The second-order valence-corrected chi connectivity index (χ2v) is 14.3. The van der Waals surface area contributed by atoms with Crippen molar-refractivity contribution in [1.29, 1.82) is 0 Å². The molecule has 4 aromatic carbocycles. The third kappa shape index (κ3) is 13.0. The van der Waals surface area contributed by atoms with Crippen LogP contribution in [0.5, 0.6) is 0 Å². The normalized spacial score (nSPS) is 20.2. The van der Waals surface area contributed by atoms with Crippen molar-refractivity contribution in [1.82, 2.24) is 0 Å². The fraction of sp³-hybridized carbons (Fsp3) is 0.405. The summed E-state index contributed by atoms with van der Waals surface area (Å²) in [6.45, 7) is 5.00. The molecule has 5 atom stereocenters. The quantitative estimate of drug-likeness (QED) is 0.0439. The molecule has 11 heteroatoms. The summed E-state index contributed by atoms with van der Waals surface area (Å²) in [6.07, 6.45) is -2.45. The molecule has 0 radical (unpaired) electrons. The topological polar surface area (TPSA) is 108 Å². The predicted octanol–water partition coefficient (Wildman–Crippen LogP) is 9.08. The first-order chi connectivity index (χ1) is 26.0. The molecule has 0 aliphatic carbocycles. The summed E-state index contributed by atoms with van der Waals surface area (Å²) in [7, 11) is -4.24. The first-order valence-electron chi connectivity index (χ1n) is 18.4. The highest BCUT2D eigenvalue weighted by molar-refractivity contribution is 7.48. The van der Waals surface area contributed by atoms with E-state index in [1.807, 2.05) is 111 Å². The van der Waals surface area contributed by atoms with Gasteiger partial charge in [0, 0.05) is 0 Å². The number of phosphoric ester groups is 1. The molecule has 10 nitrogen and oxygen atoms in total. The second-order valence-electron chi connectivity index (χ2n) is 12.7. The van der Waals surface area contributed by atoms with Crippen molar-refractivity contribution >= 4 is 13.8 Å². The number of esters is 1. The Labute approximate surface area is 313 Å². The van der Waals surface area contributed by atoms with Crippen LogP contribution in [0.15, 0.2) is 121 Å². The Bertz CT molecular complexity index is 1630. The fourth-order valence-electron chi connectivity index (χ4n) is 5.65. The van der Waals surface area contributed by atoms with E-state index in [1.54, 1.807) is 24.3 Å². The molecule has 0 spiro atoms. The third-order valence-electron chi connectivity index (χ3n) is 8.54. The lowest BCUT2D eigenvalue weighted by Crippen LogP contribution is -2.62. The van der Waals surface area contributed by atoms with Crippen molar-refractivity contribution in [3.05, 3.63) is 144 Å². The van der Waals surface area contributed by atoms with Gasteiger partial charge in [-0.3, -0.25) is 13.6 Å². The summed E-state index contributed by atoms with van der Waals surface area (Å²) in [6, 6.07) is 37.7. The van der Waals surface area contributed by atoms with Crippen molar-refractivity contribution < 1.29 is 46.6 Å². The number of benzene rings is 4. The minimum Gasteiger partial charge on any atom is -0.450 e. The van der Waals surface area contributed by atoms with E-state index in [-0.39, 0.29) is 33.0 Å². The Morgan fingerprint density at radius 3 is 1.60 bits per heavy atom. The molecule has 0 unspecified atom stereocenters. The molecule has 53 heavy (non-hydrogen) atoms. The van der Waals surface area contributed by atoms with Gasteiger partial charge in [-0.15, -0.1) is 0 Å². The van der Waals surface area contributed by atoms with Crippen LogP contribution in [0.25, 0.3) is 0 Å². The van der Waals surface area contributed by atoms with Gasteiger partial charge in [0.2, 0.25) is 6.29 Å². The zero-order chi connectivity index (χ0) is 37.1. The van der Waals surface area contributed by atoms with Crippen LogP contribution >= 0.6 is 7.82 Å². The zero-order valence-electron chi connectivity index (χ0n) is 30.5. The molecule has 5 rings (SSSR count). The average Bonchev–Trinajstić information content (AvgIpc) is 3.19. The van der Waals surface area contributed by atoms with Crippen molar-refractivity contribution in [2.75, 3.05) is 19.8 Å². The molecule has 284 valence electrons. The maximum Gasteiger partial charge on any atom is 0.477 e. The zero-order valence-corrected chi connectivity index (χ0v) is 31.4. The Morgan fingerprint density at radius 1 is 0.623 bits per heavy atom. The highest BCUT2D eigenvalue weighted by atomic mass is 31.2. The smallest absolute Gasteiger partial charge is 0.450 e. The maximum atomic E-state index is 14.3. The average molecular weight is 747 g/mol. The number of carbonyl (C=O) groups is 1. The maximum absolute atomic E-state index is 14.3. The number of hydrogen-bond acceptors (Lipinski definition) is 10. The van der Waals surface area contributed by atoms with Gasteiger partial charge in [-0.05, 0) is 41.7 Å². The molecular formula is C42H51O10P. The van der Waals surface area contributed by atoms with E-state index >= 15 is 0 Å².